The van der Waals surface area contributed by atoms with Crippen molar-refractivity contribution in [1.82, 2.24) is 24.6 Å². The van der Waals surface area contributed by atoms with Gasteiger partial charge >= 0.3 is 0 Å². The van der Waals surface area contributed by atoms with E-state index in [0.717, 1.165) is 28.7 Å². The number of hydrogen-bond donors (Lipinski definition) is 2. The van der Waals surface area contributed by atoms with Crippen LogP contribution in [0.25, 0.3) is 21.5 Å². The van der Waals surface area contributed by atoms with Crippen molar-refractivity contribution >= 4 is 34.0 Å². The first-order chi connectivity index (χ1) is 17.2. The highest BCUT2D eigenvalue weighted by molar-refractivity contribution is 7.15. The number of fused-ring (bicyclic) bond motifs is 1. The van der Waals surface area contributed by atoms with Crippen molar-refractivity contribution in [2.75, 3.05) is 18.4 Å². The summed E-state index contributed by atoms with van der Waals surface area (Å²) in [5.74, 6) is -0.195. The second kappa shape index (κ2) is 9.48. The van der Waals surface area contributed by atoms with Crippen molar-refractivity contribution in [3.8, 4) is 10.4 Å². The van der Waals surface area contributed by atoms with Crippen LogP contribution < -0.4 is 5.32 Å². The predicted molar refractivity (Wildman–Crippen MR) is 140 cm³/mol. The summed E-state index contributed by atoms with van der Waals surface area (Å²) in [4.78, 5) is 25.8. The molecule has 1 fully saturated rings. The maximum atomic E-state index is 12.9. The van der Waals surface area contributed by atoms with Gasteiger partial charge in [-0.2, -0.15) is 5.10 Å². The number of benzene rings is 1. The molecule has 2 N–H and O–H groups in total. The Labute approximate surface area is 207 Å². The highest BCUT2D eigenvalue weighted by atomic mass is 32.1. The number of aromatic nitrogens is 4. The van der Waals surface area contributed by atoms with Crippen LogP contribution in [0.4, 0.5) is 5.69 Å². The molecule has 1 amide bonds. The number of nitrogens with zero attached hydrogens (tertiary/aromatic N) is 4. The number of pyridine rings is 1. The molecular formula is C27H26N6OS. The second-order valence-corrected chi connectivity index (χ2v) is 10.1. The zero-order chi connectivity index (χ0) is 23.6. The van der Waals surface area contributed by atoms with Gasteiger partial charge in [0.2, 0.25) is 0 Å². The lowest BCUT2D eigenvalue weighted by Gasteiger charge is -2.12. The molecule has 176 valence electrons. The van der Waals surface area contributed by atoms with Gasteiger partial charge in [-0.15, -0.1) is 11.3 Å². The van der Waals surface area contributed by atoms with E-state index in [2.05, 4.69) is 43.5 Å². The van der Waals surface area contributed by atoms with Crippen molar-refractivity contribution in [3.05, 3.63) is 89.3 Å². The minimum Gasteiger partial charge on any atom is -0.344 e. The Hall–Kier alpha value is -3.75. The van der Waals surface area contributed by atoms with Crippen LogP contribution in [0.5, 0.6) is 0 Å². The Kier molecular flexibility index (Phi) is 5.89. The molecule has 0 spiro atoms. The van der Waals surface area contributed by atoms with Crippen LogP contribution in [-0.4, -0.2) is 43.6 Å². The van der Waals surface area contributed by atoms with Crippen LogP contribution in [0.15, 0.2) is 73.3 Å². The van der Waals surface area contributed by atoms with Gasteiger partial charge in [0.1, 0.15) is 5.65 Å². The highest BCUT2D eigenvalue weighted by Gasteiger charge is 2.16. The first-order valence-electron chi connectivity index (χ1n) is 11.9. The highest BCUT2D eigenvalue weighted by Crippen LogP contribution is 2.32. The van der Waals surface area contributed by atoms with Crippen LogP contribution in [0, 0.1) is 0 Å². The van der Waals surface area contributed by atoms with Gasteiger partial charge < -0.3 is 10.3 Å². The number of thiophene rings is 1. The molecule has 8 heteroatoms. The first-order valence-corrected chi connectivity index (χ1v) is 12.7. The molecule has 0 aliphatic carbocycles. The lowest BCUT2D eigenvalue weighted by Crippen LogP contribution is -2.17. The molecule has 0 atom stereocenters. The fraction of sp³-hybridized carbons (Fsp3) is 0.222. The zero-order valence-corrected chi connectivity index (χ0v) is 20.1. The SMILES string of the molecule is O=C(Nc1c[nH]c2ncc(-c3ccc(CN4CCCC4)s3)cc12)c1cnn(Cc2ccccc2)c1. The van der Waals surface area contributed by atoms with Gasteiger partial charge in [0, 0.05) is 45.8 Å². The summed E-state index contributed by atoms with van der Waals surface area (Å²) in [6.45, 7) is 4.02. The Balaban J connectivity index is 1.18. The topological polar surface area (TPSA) is 78.8 Å². The maximum absolute atomic E-state index is 12.9. The van der Waals surface area contributed by atoms with E-state index in [0.29, 0.717) is 17.8 Å². The molecule has 1 aliphatic rings. The number of rotatable bonds is 7. The summed E-state index contributed by atoms with van der Waals surface area (Å²) in [7, 11) is 0. The van der Waals surface area contributed by atoms with Gasteiger partial charge in [0.25, 0.3) is 5.91 Å². The third kappa shape index (κ3) is 4.76. The van der Waals surface area contributed by atoms with Crippen molar-refractivity contribution in [3.63, 3.8) is 0 Å². The van der Waals surface area contributed by atoms with Gasteiger partial charge in [-0.05, 0) is 49.7 Å². The number of amides is 1. The summed E-state index contributed by atoms with van der Waals surface area (Å²) in [5, 5.41) is 8.26. The molecule has 35 heavy (non-hydrogen) atoms. The molecule has 0 unspecified atom stereocenters. The largest absolute Gasteiger partial charge is 0.344 e. The molecule has 1 aliphatic heterocycles. The molecule has 0 saturated carbocycles. The van der Waals surface area contributed by atoms with Crippen molar-refractivity contribution in [2.24, 2.45) is 0 Å². The molecule has 7 nitrogen and oxygen atoms in total. The number of H-pyrrole nitrogens is 1. The van der Waals surface area contributed by atoms with Crippen molar-refractivity contribution in [1.29, 1.82) is 0 Å². The molecular weight excluding hydrogens is 456 g/mol. The zero-order valence-electron chi connectivity index (χ0n) is 19.3. The predicted octanol–water partition coefficient (Wildman–Crippen LogP) is 5.38. The Morgan fingerprint density at radius 2 is 1.91 bits per heavy atom. The third-order valence-electron chi connectivity index (χ3n) is 6.39. The lowest BCUT2D eigenvalue weighted by atomic mass is 10.2. The molecule has 5 aromatic rings. The van der Waals surface area contributed by atoms with E-state index < -0.39 is 0 Å². The summed E-state index contributed by atoms with van der Waals surface area (Å²) >= 11 is 1.81. The number of carbonyl (C=O) groups excluding carboxylic acids is 1. The van der Waals surface area contributed by atoms with Crippen molar-refractivity contribution < 1.29 is 4.79 Å². The summed E-state index contributed by atoms with van der Waals surface area (Å²) in [5.41, 5.74) is 4.17. The third-order valence-corrected chi connectivity index (χ3v) is 7.51. The van der Waals surface area contributed by atoms with E-state index in [1.165, 1.54) is 35.7 Å². The number of anilines is 1. The molecule has 0 bridgehead atoms. The molecule has 1 saturated heterocycles. The molecule has 6 rings (SSSR count). The molecule has 5 heterocycles. The van der Waals surface area contributed by atoms with E-state index in [9.17, 15) is 4.79 Å². The Bertz CT molecular complexity index is 1460. The molecule has 0 radical (unpaired) electrons. The number of aromatic amines is 1. The quantitative estimate of drug-likeness (QED) is 0.326. The monoisotopic (exact) mass is 482 g/mol. The molecule has 4 aromatic heterocycles. The van der Waals surface area contributed by atoms with Crippen LogP contribution in [-0.2, 0) is 13.1 Å². The standard InChI is InChI=1S/C27H26N6OS/c34-27(21-14-30-33(17-21)16-19-6-2-1-3-7-19)31-24-15-29-26-23(24)12-20(13-28-26)25-9-8-22(35-25)18-32-10-4-5-11-32/h1-3,6-9,12-15,17H,4-5,10-11,16,18H2,(H,28,29)(H,31,34). The average molecular weight is 483 g/mol. The minimum absolute atomic E-state index is 0.195. The van der Waals surface area contributed by atoms with Crippen LogP contribution in [0.2, 0.25) is 0 Å². The van der Waals surface area contributed by atoms with Crippen molar-refractivity contribution in [2.45, 2.75) is 25.9 Å². The van der Waals surface area contributed by atoms with Crippen LogP contribution >= 0.6 is 11.3 Å². The van der Waals surface area contributed by atoms with Crippen LogP contribution in [0.1, 0.15) is 33.6 Å². The van der Waals surface area contributed by atoms with Gasteiger partial charge in [0.05, 0.1) is 24.0 Å². The lowest BCUT2D eigenvalue weighted by molar-refractivity contribution is 0.102. The normalized spacial score (nSPS) is 14.1. The smallest absolute Gasteiger partial charge is 0.258 e. The van der Waals surface area contributed by atoms with Crippen LogP contribution in [0.3, 0.4) is 0 Å². The van der Waals surface area contributed by atoms with E-state index in [1.807, 2.05) is 47.9 Å². The van der Waals surface area contributed by atoms with Gasteiger partial charge in [-0.3, -0.25) is 14.4 Å². The van der Waals surface area contributed by atoms with E-state index in [4.69, 9.17) is 0 Å². The van der Waals surface area contributed by atoms with E-state index in [1.54, 1.807) is 23.3 Å². The fourth-order valence-corrected chi connectivity index (χ4v) is 5.58. The number of nitrogens with one attached hydrogen (secondary N) is 2. The minimum atomic E-state index is -0.195. The maximum Gasteiger partial charge on any atom is 0.258 e. The first kappa shape index (κ1) is 21.8. The number of carbonyl (C=O) groups is 1. The Morgan fingerprint density at radius 1 is 1.06 bits per heavy atom. The number of hydrogen-bond acceptors (Lipinski definition) is 5. The molecule has 1 aromatic carbocycles. The summed E-state index contributed by atoms with van der Waals surface area (Å²) < 4.78 is 1.77. The second-order valence-electron chi connectivity index (χ2n) is 8.94. The Morgan fingerprint density at radius 3 is 2.77 bits per heavy atom. The fourth-order valence-electron chi connectivity index (χ4n) is 4.55. The van der Waals surface area contributed by atoms with Gasteiger partial charge in [0.15, 0.2) is 0 Å². The van der Waals surface area contributed by atoms with Gasteiger partial charge in [-0.1, -0.05) is 30.3 Å². The summed E-state index contributed by atoms with van der Waals surface area (Å²) in [6, 6.07) is 16.5. The van der Waals surface area contributed by atoms with E-state index >= 15 is 0 Å². The summed E-state index contributed by atoms with van der Waals surface area (Å²) in [6.07, 6.45) is 9.66. The van der Waals surface area contributed by atoms with E-state index in [-0.39, 0.29) is 5.91 Å². The average Bonchev–Trinajstić information content (AvgIpc) is 3.68. The number of likely N-dealkylation sites (tertiary alicyclic amines) is 1. The van der Waals surface area contributed by atoms with Gasteiger partial charge in [-0.25, -0.2) is 4.98 Å².